The van der Waals surface area contributed by atoms with Crippen LogP contribution in [0.15, 0.2) is 291 Å². The van der Waals surface area contributed by atoms with Crippen LogP contribution in [0, 0.1) is 0 Å². The van der Waals surface area contributed by atoms with Gasteiger partial charge in [-0.3, -0.25) is 0 Å². The molecule has 11 aromatic carbocycles. The van der Waals surface area contributed by atoms with Crippen LogP contribution in [0.5, 0.6) is 0 Å². The van der Waals surface area contributed by atoms with Crippen molar-refractivity contribution in [3.05, 3.63) is 291 Å². The van der Waals surface area contributed by atoms with Gasteiger partial charge in [-0.15, -0.1) is 0 Å². The highest BCUT2D eigenvalue weighted by molar-refractivity contribution is 6.03. The van der Waals surface area contributed by atoms with Crippen LogP contribution in [0.25, 0.3) is 122 Å². The maximum Gasteiger partial charge on any atom is 0.0542 e. The van der Waals surface area contributed by atoms with Gasteiger partial charge in [-0.2, -0.15) is 0 Å². The summed E-state index contributed by atoms with van der Waals surface area (Å²) in [6.07, 6.45) is 0. The minimum Gasteiger partial charge on any atom is -0.309 e. The van der Waals surface area contributed by atoms with E-state index in [9.17, 15) is 0 Å². The van der Waals surface area contributed by atoms with E-state index in [-0.39, 0.29) is 0 Å². The first-order valence-corrected chi connectivity index (χ1v) is 24.7. The molecule has 0 fully saturated rings. The van der Waals surface area contributed by atoms with E-state index < -0.39 is 0 Å². The third-order valence-electron chi connectivity index (χ3n) is 14.1. The standard InChI is InChI=1S/C70H48N2/c1-7-19-49(20-8-1)55-31-35-57(36-32-55)67-45-63-47-70-64(48-69(63)71(67)65-41-59(51-23-11-3-12-24-51)39-60(42-65)52-25-13-4-14-26-52)46-68(58-37-33-56(34-38-58)50-21-9-2-10-22-50)72(70)66-43-61(53-27-15-5-16-28-53)40-62(44-66)54-29-17-6-18-30-54/h1-48H. The van der Waals surface area contributed by atoms with Gasteiger partial charge in [0.05, 0.1) is 22.4 Å². The average Bonchev–Trinajstić information content (AvgIpc) is 4.04. The van der Waals surface area contributed by atoms with E-state index in [4.69, 9.17) is 0 Å². The molecule has 0 aliphatic carbocycles. The Kier molecular flexibility index (Phi) is 10.9. The minimum atomic E-state index is 1.10. The van der Waals surface area contributed by atoms with Crippen LogP contribution in [0.4, 0.5) is 0 Å². The predicted octanol–water partition coefficient (Wildman–Crippen LogP) is 18.9. The smallest absolute Gasteiger partial charge is 0.0542 e. The molecular formula is C70H48N2. The molecule has 2 aromatic heterocycles. The van der Waals surface area contributed by atoms with Crippen LogP contribution in [0.2, 0.25) is 0 Å². The van der Waals surface area contributed by atoms with Gasteiger partial charge in [0.2, 0.25) is 0 Å². The van der Waals surface area contributed by atoms with Crippen molar-refractivity contribution in [1.29, 1.82) is 0 Å². The van der Waals surface area contributed by atoms with Crippen LogP contribution in [-0.4, -0.2) is 9.13 Å². The summed E-state index contributed by atoms with van der Waals surface area (Å²) in [5.74, 6) is 0. The maximum absolute atomic E-state index is 2.49. The zero-order chi connectivity index (χ0) is 47.8. The lowest BCUT2D eigenvalue weighted by atomic mass is 9.97. The Morgan fingerprint density at radius 1 is 0.167 bits per heavy atom. The summed E-state index contributed by atoms with van der Waals surface area (Å²) in [4.78, 5) is 0. The zero-order valence-corrected chi connectivity index (χ0v) is 39.6. The molecule has 0 aliphatic heterocycles. The van der Waals surface area contributed by atoms with Gasteiger partial charge in [0.1, 0.15) is 0 Å². The molecule has 2 nitrogen and oxygen atoms in total. The SMILES string of the molecule is c1ccc(-c2ccc(-c3cc4cc5c(cc(-c6ccc(-c7ccccc7)cc6)n5-c5cc(-c6ccccc6)cc(-c6ccccc6)c5)cc4n3-c3cc(-c4ccccc4)cc(-c4ccccc4)c3)cc2)cc1. The third kappa shape index (κ3) is 8.11. The van der Waals surface area contributed by atoms with Crippen molar-refractivity contribution in [2.24, 2.45) is 0 Å². The Morgan fingerprint density at radius 2 is 0.389 bits per heavy atom. The highest BCUT2D eigenvalue weighted by atomic mass is 15.0. The van der Waals surface area contributed by atoms with Gasteiger partial charge in [0, 0.05) is 22.1 Å². The molecule has 0 unspecified atom stereocenters. The quantitative estimate of drug-likeness (QED) is 0.129. The van der Waals surface area contributed by atoms with Crippen LogP contribution >= 0.6 is 0 Å². The van der Waals surface area contributed by atoms with Crippen molar-refractivity contribution in [1.82, 2.24) is 9.13 Å². The zero-order valence-electron chi connectivity index (χ0n) is 39.6. The fourth-order valence-corrected chi connectivity index (χ4v) is 10.5. The number of rotatable bonds is 10. The van der Waals surface area contributed by atoms with Crippen molar-refractivity contribution in [3.63, 3.8) is 0 Å². The highest BCUT2D eigenvalue weighted by Gasteiger charge is 2.21. The first-order valence-electron chi connectivity index (χ1n) is 24.7. The van der Waals surface area contributed by atoms with Gasteiger partial charge in [0.25, 0.3) is 0 Å². The summed E-state index contributed by atoms with van der Waals surface area (Å²) in [5.41, 5.74) is 23.2. The highest BCUT2D eigenvalue weighted by Crippen LogP contribution is 2.42. The molecule has 0 saturated heterocycles. The lowest BCUT2D eigenvalue weighted by molar-refractivity contribution is 1.13. The lowest BCUT2D eigenvalue weighted by Gasteiger charge is -2.17. The fraction of sp³-hybridized carbons (Fsp3) is 0. The largest absolute Gasteiger partial charge is 0.309 e. The molecule has 2 heterocycles. The number of fused-ring (bicyclic) bond motifs is 2. The summed E-state index contributed by atoms with van der Waals surface area (Å²) in [6.45, 7) is 0. The predicted molar refractivity (Wildman–Crippen MR) is 304 cm³/mol. The van der Waals surface area contributed by atoms with E-state index in [0.717, 1.165) is 55.7 Å². The van der Waals surface area contributed by atoms with Gasteiger partial charge >= 0.3 is 0 Å². The number of nitrogens with zero attached hydrogens (tertiary/aromatic N) is 2. The summed E-state index contributed by atoms with van der Waals surface area (Å²) in [5, 5.41) is 2.31. The van der Waals surface area contributed by atoms with Gasteiger partial charge in [0.15, 0.2) is 0 Å². The molecule has 0 amide bonds. The Labute approximate surface area is 420 Å². The van der Waals surface area contributed by atoms with Crippen LogP contribution < -0.4 is 0 Å². The van der Waals surface area contributed by atoms with Gasteiger partial charge < -0.3 is 9.13 Å². The lowest BCUT2D eigenvalue weighted by Crippen LogP contribution is -1.99. The number of benzene rings is 11. The van der Waals surface area contributed by atoms with Crippen molar-refractivity contribution in [3.8, 4) is 101 Å². The Bertz CT molecular complexity index is 3620. The molecule has 13 aromatic rings. The monoisotopic (exact) mass is 916 g/mol. The molecular weight excluding hydrogens is 869 g/mol. The van der Waals surface area contributed by atoms with Gasteiger partial charge in [-0.1, -0.05) is 231 Å². The van der Waals surface area contributed by atoms with Crippen LogP contribution in [0.1, 0.15) is 0 Å². The molecule has 0 spiro atoms. The summed E-state index contributed by atoms with van der Waals surface area (Å²) < 4.78 is 4.97. The summed E-state index contributed by atoms with van der Waals surface area (Å²) >= 11 is 0. The fourth-order valence-electron chi connectivity index (χ4n) is 10.5. The molecule has 2 heteroatoms. The Morgan fingerprint density at radius 3 is 0.653 bits per heavy atom. The molecule has 0 atom stereocenters. The van der Waals surface area contributed by atoms with Crippen molar-refractivity contribution in [2.75, 3.05) is 0 Å². The molecule has 0 bridgehead atoms. The number of hydrogen-bond acceptors (Lipinski definition) is 0. The summed E-state index contributed by atoms with van der Waals surface area (Å²) in [6, 6.07) is 106. The van der Waals surface area contributed by atoms with E-state index in [1.165, 1.54) is 66.8 Å². The number of aromatic nitrogens is 2. The molecule has 338 valence electrons. The summed E-state index contributed by atoms with van der Waals surface area (Å²) in [7, 11) is 0. The third-order valence-corrected chi connectivity index (χ3v) is 14.1. The topological polar surface area (TPSA) is 9.86 Å². The second-order valence-corrected chi connectivity index (χ2v) is 18.6. The molecule has 0 saturated carbocycles. The molecule has 0 N–H and O–H groups in total. The minimum absolute atomic E-state index is 1.10. The number of hydrogen-bond donors (Lipinski definition) is 0. The van der Waals surface area contributed by atoms with Crippen LogP contribution in [0.3, 0.4) is 0 Å². The van der Waals surface area contributed by atoms with Crippen molar-refractivity contribution >= 4 is 21.8 Å². The van der Waals surface area contributed by atoms with Crippen molar-refractivity contribution < 1.29 is 0 Å². The van der Waals surface area contributed by atoms with E-state index >= 15 is 0 Å². The Hall–Kier alpha value is -9.50. The normalized spacial score (nSPS) is 11.3. The first kappa shape index (κ1) is 42.6. The van der Waals surface area contributed by atoms with E-state index in [2.05, 4.69) is 300 Å². The molecule has 13 rings (SSSR count). The van der Waals surface area contributed by atoms with Crippen molar-refractivity contribution in [2.45, 2.75) is 0 Å². The van der Waals surface area contributed by atoms with E-state index in [1.807, 2.05) is 0 Å². The molecule has 0 radical (unpaired) electrons. The van der Waals surface area contributed by atoms with E-state index in [1.54, 1.807) is 0 Å². The first-order chi connectivity index (χ1) is 35.7. The average molecular weight is 917 g/mol. The van der Waals surface area contributed by atoms with Crippen LogP contribution in [-0.2, 0) is 0 Å². The maximum atomic E-state index is 2.49. The van der Waals surface area contributed by atoms with Gasteiger partial charge in [-0.05, 0) is 139 Å². The second kappa shape index (κ2) is 18.4. The van der Waals surface area contributed by atoms with Gasteiger partial charge in [-0.25, -0.2) is 0 Å². The molecule has 0 aliphatic rings. The van der Waals surface area contributed by atoms with E-state index in [0.29, 0.717) is 0 Å². The Balaban J connectivity index is 1.08. The second-order valence-electron chi connectivity index (χ2n) is 18.6. The molecule has 72 heavy (non-hydrogen) atoms.